The molecule has 1 aromatic heterocycles. The van der Waals surface area contributed by atoms with Crippen molar-refractivity contribution >= 4 is 11.8 Å². The van der Waals surface area contributed by atoms with E-state index in [4.69, 9.17) is 4.74 Å². The first-order valence-corrected chi connectivity index (χ1v) is 8.06. The number of rotatable bonds is 8. The molecule has 1 N–H and O–H groups in total. The van der Waals surface area contributed by atoms with Crippen LogP contribution in [0.2, 0.25) is 0 Å². The molecule has 21 heavy (non-hydrogen) atoms. The van der Waals surface area contributed by atoms with Crippen LogP contribution in [0.5, 0.6) is 0 Å². The quantitative estimate of drug-likeness (QED) is 0.601. The van der Waals surface area contributed by atoms with Gasteiger partial charge in [-0.25, -0.2) is 4.98 Å². The van der Waals surface area contributed by atoms with Crippen LogP contribution in [0.25, 0.3) is 0 Å². The molecule has 0 aliphatic heterocycles. The summed E-state index contributed by atoms with van der Waals surface area (Å²) in [5, 5.41) is 10.4. The third-order valence-electron chi connectivity index (χ3n) is 3.41. The fourth-order valence-corrected chi connectivity index (χ4v) is 3.25. The minimum atomic E-state index is 0.0188. The summed E-state index contributed by atoms with van der Waals surface area (Å²) in [5.41, 5.74) is 3.47. The first-order chi connectivity index (χ1) is 10.3. The molecule has 2 rings (SSSR count). The van der Waals surface area contributed by atoms with E-state index in [0.29, 0.717) is 6.61 Å². The van der Waals surface area contributed by atoms with E-state index < -0.39 is 0 Å². The highest BCUT2D eigenvalue weighted by Gasteiger charge is 2.10. The summed E-state index contributed by atoms with van der Waals surface area (Å²) in [6.07, 6.45) is 2.67. The van der Waals surface area contributed by atoms with Gasteiger partial charge in [-0.2, -0.15) is 0 Å². The molecular formula is C16H22N2O2S. The Balaban J connectivity index is 2.05. The fourth-order valence-electron chi connectivity index (χ4n) is 2.15. The van der Waals surface area contributed by atoms with Crippen LogP contribution in [0, 0.1) is 6.92 Å². The van der Waals surface area contributed by atoms with Crippen molar-refractivity contribution in [3.05, 3.63) is 47.3 Å². The molecule has 5 heteroatoms. The Morgan fingerprint density at radius 1 is 1.33 bits per heavy atom. The number of thioether (sulfide) groups is 1. The average molecular weight is 306 g/mol. The molecule has 0 bridgehead atoms. The van der Waals surface area contributed by atoms with Crippen molar-refractivity contribution in [3.63, 3.8) is 0 Å². The lowest BCUT2D eigenvalue weighted by molar-refractivity contribution is 0.187. The van der Waals surface area contributed by atoms with E-state index in [9.17, 15) is 5.11 Å². The molecule has 1 aromatic carbocycles. The van der Waals surface area contributed by atoms with Gasteiger partial charge in [0.25, 0.3) is 0 Å². The van der Waals surface area contributed by atoms with E-state index in [2.05, 4.69) is 40.7 Å². The predicted molar refractivity (Wildman–Crippen MR) is 85.4 cm³/mol. The van der Waals surface area contributed by atoms with Gasteiger partial charge in [-0.1, -0.05) is 36.0 Å². The van der Waals surface area contributed by atoms with Gasteiger partial charge >= 0.3 is 0 Å². The number of aliphatic hydroxyl groups is 1. The summed E-state index contributed by atoms with van der Waals surface area (Å²) in [5.74, 6) is 0.888. The summed E-state index contributed by atoms with van der Waals surface area (Å²) in [6, 6.07) is 8.39. The molecule has 0 amide bonds. The lowest BCUT2D eigenvalue weighted by Gasteiger charge is -2.11. The van der Waals surface area contributed by atoms with Crippen LogP contribution in [0.4, 0.5) is 0 Å². The SMILES string of the molecule is COCCCn1c(CO)cnc1SCc1ccccc1C. The molecule has 0 saturated heterocycles. The van der Waals surface area contributed by atoms with Crippen LogP contribution in [-0.4, -0.2) is 28.4 Å². The summed E-state index contributed by atoms with van der Waals surface area (Å²) >= 11 is 1.71. The topological polar surface area (TPSA) is 47.3 Å². The van der Waals surface area contributed by atoms with Gasteiger partial charge in [-0.3, -0.25) is 0 Å². The van der Waals surface area contributed by atoms with Gasteiger partial charge in [0.15, 0.2) is 5.16 Å². The Morgan fingerprint density at radius 2 is 2.14 bits per heavy atom. The minimum Gasteiger partial charge on any atom is -0.390 e. The van der Waals surface area contributed by atoms with E-state index in [1.807, 2.05) is 0 Å². The molecule has 0 radical (unpaired) electrons. The molecule has 4 nitrogen and oxygen atoms in total. The molecular weight excluding hydrogens is 284 g/mol. The number of nitrogens with zero attached hydrogens (tertiary/aromatic N) is 2. The van der Waals surface area contributed by atoms with Gasteiger partial charge in [0.2, 0.25) is 0 Å². The second-order valence-corrected chi connectivity index (χ2v) is 5.85. The zero-order valence-corrected chi connectivity index (χ0v) is 13.4. The average Bonchev–Trinajstić information content (AvgIpc) is 2.89. The number of aliphatic hydroxyl groups excluding tert-OH is 1. The lowest BCUT2D eigenvalue weighted by atomic mass is 10.1. The van der Waals surface area contributed by atoms with E-state index >= 15 is 0 Å². The number of aryl methyl sites for hydroxylation is 1. The fraction of sp³-hybridized carbons (Fsp3) is 0.438. The molecule has 0 unspecified atom stereocenters. The highest BCUT2D eigenvalue weighted by Crippen LogP contribution is 2.24. The number of ether oxygens (including phenoxy) is 1. The number of benzene rings is 1. The van der Waals surface area contributed by atoms with Gasteiger partial charge in [0, 0.05) is 26.0 Å². The normalized spacial score (nSPS) is 11.0. The predicted octanol–water partition coefficient (Wildman–Crippen LogP) is 3.01. The third-order valence-corrected chi connectivity index (χ3v) is 4.45. The zero-order chi connectivity index (χ0) is 15.1. The van der Waals surface area contributed by atoms with Gasteiger partial charge in [0.1, 0.15) is 0 Å². The van der Waals surface area contributed by atoms with Gasteiger partial charge < -0.3 is 14.4 Å². The molecule has 114 valence electrons. The number of hydrogen-bond acceptors (Lipinski definition) is 4. The van der Waals surface area contributed by atoms with Crippen LogP contribution in [0.15, 0.2) is 35.6 Å². The highest BCUT2D eigenvalue weighted by molar-refractivity contribution is 7.98. The largest absolute Gasteiger partial charge is 0.390 e. The van der Waals surface area contributed by atoms with Gasteiger partial charge in [-0.05, 0) is 24.5 Å². The van der Waals surface area contributed by atoms with Gasteiger partial charge in [0.05, 0.1) is 18.5 Å². The van der Waals surface area contributed by atoms with Crippen LogP contribution < -0.4 is 0 Å². The second kappa shape index (κ2) is 8.22. The molecule has 0 fully saturated rings. The molecule has 0 saturated carbocycles. The first-order valence-electron chi connectivity index (χ1n) is 7.07. The van der Waals surface area contributed by atoms with Crippen molar-refractivity contribution in [1.29, 1.82) is 0 Å². The van der Waals surface area contributed by atoms with Crippen molar-refractivity contribution in [2.45, 2.75) is 37.4 Å². The molecule has 0 aliphatic rings. The Labute approximate surface area is 130 Å². The minimum absolute atomic E-state index is 0.0188. The number of methoxy groups -OCH3 is 1. The van der Waals surface area contributed by atoms with Crippen LogP contribution in [-0.2, 0) is 23.6 Å². The van der Waals surface area contributed by atoms with E-state index in [0.717, 1.165) is 29.6 Å². The maximum Gasteiger partial charge on any atom is 0.168 e. The lowest BCUT2D eigenvalue weighted by Crippen LogP contribution is -2.07. The van der Waals surface area contributed by atoms with Gasteiger partial charge in [-0.15, -0.1) is 0 Å². The Bertz CT molecular complexity index is 569. The second-order valence-electron chi connectivity index (χ2n) is 4.90. The first kappa shape index (κ1) is 16.1. The highest BCUT2D eigenvalue weighted by atomic mass is 32.2. The van der Waals surface area contributed by atoms with E-state index in [1.54, 1.807) is 25.1 Å². The number of imidazole rings is 1. The zero-order valence-electron chi connectivity index (χ0n) is 12.6. The van der Waals surface area contributed by atoms with Crippen LogP contribution in [0.3, 0.4) is 0 Å². The molecule has 0 atom stereocenters. The summed E-state index contributed by atoms with van der Waals surface area (Å²) < 4.78 is 7.18. The van der Waals surface area contributed by atoms with E-state index in [-0.39, 0.29) is 6.61 Å². The molecule has 1 heterocycles. The van der Waals surface area contributed by atoms with Crippen molar-refractivity contribution in [2.75, 3.05) is 13.7 Å². The molecule has 0 aliphatic carbocycles. The summed E-state index contributed by atoms with van der Waals surface area (Å²) in [6.45, 7) is 3.68. The maximum atomic E-state index is 9.42. The maximum absolute atomic E-state index is 9.42. The van der Waals surface area contributed by atoms with Crippen molar-refractivity contribution in [1.82, 2.24) is 9.55 Å². The van der Waals surface area contributed by atoms with E-state index in [1.165, 1.54) is 11.1 Å². The monoisotopic (exact) mass is 306 g/mol. The number of aromatic nitrogens is 2. The van der Waals surface area contributed by atoms with Crippen LogP contribution in [0.1, 0.15) is 23.2 Å². The Kier molecular flexibility index (Phi) is 6.29. The third kappa shape index (κ3) is 4.33. The smallest absolute Gasteiger partial charge is 0.168 e. The Hall–Kier alpha value is -1.30. The Morgan fingerprint density at radius 3 is 2.86 bits per heavy atom. The summed E-state index contributed by atoms with van der Waals surface area (Å²) in [7, 11) is 1.70. The van der Waals surface area contributed by atoms with Crippen molar-refractivity contribution < 1.29 is 9.84 Å². The van der Waals surface area contributed by atoms with Crippen molar-refractivity contribution in [3.8, 4) is 0 Å². The number of hydrogen-bond donors (Lipinski definition) is 1. The molecule has 2 aromatic rings. The summed E-state index contributed by atoms with van der Waals surface area (Å²) in [4.78, 5) is 4.44. The standard InChI is InChI=1S/C16H22N2O2S/c1-13-6-3-4-7-14(13)12-21-16-17-10-15(11-19)18(16)8-5-9-20-2/h3-4,6-7,10,19H,5,8-9,11-12H2,1-2H3. The van der Waals surface area contributed by atoms with Crippen LogP contribution >= 0.6 is 11.8 Å². The van der Waals surface area contributed by atoms with Crippen molar-refractivity contribution in [2.24, 2.45) is 0 Å². The molecule has 0 spiro atoms.